The lowest BCUT2D eigenvalue weighted by atomic mass is 9.93. The van der Waals surface area contributed by atoms with Gasteiger partial charge < -0.3 is 15.4 Å². The lowest BCUT2D eigenvalue weighted by molar-refractivity contribution is -0.122. The number of carboxylic acid groups (broad SMARTS) is 1. The van der Waals surface area contributed by atoms with Crippen LogP contribution in [0.3, 0.4) is 0 Å². The highest BCUT2D eigenvalue weighted by Gasteiger charge is 2.28. The molecule has 1 amide bonds. The fourth-order valence-corrected chi connectivity index (χ4v) is 4.50. The number of aryl methyl sites for hydroxylation is 1. The summed E-state index contributed by atoms with van der Waals surface area (Å²) >= 11 is 1.84. The van der Waals surface area contributed by atoms with Crippen molar-refractivity contribution < 1.29 is 19.1 Å². The van der Waals surface area contributed by atoms with Gasteiger partial charge in [-0.2, -0.15) is 11.8 Å². The summed E-state index contributed by atoms with van der Waals surface area (Å²) in [6.07, 6.45) is 6.13. The van der Waals surface area contributed by atoms with Crippen molar-refractivity contribution in [1.82, 2.24) is 4.98 Å². The summed E-state index contributed by atoms with van der Waals surface area (Å²) in [5, 5.41) is 9.86. The minimum atomic E-state index is -0.292. The molecular weight excluding hydrogens is 439 g/mol. The van der Waals surface area contributed by atoms with Crippen molar-refractivity contribution in [1.29, 1.82) is 0 Å². The molecule has 0 radical (unpaired) electrons. The standard InChI is InChI=1S/C25H25FN2OS.CH2O2/c1-15-16(2)27-23(19(15)10-6-12-30-3)14-21-24-20(17-7-4-8-18(26)13-17)9-5-11-22(24)28-25(21)29;2-1-3/h4-5,7-9,11,13-14,27H,6,10,12H2,1-3H3,(H,28,29);1H,(H,2,3)/b21-14-;. The third kappa shape index (κ3) is 5.37. The molecule has 0 bridgehead atoms. The monoisotopic (exact) mass is 466 g/mol. The van der Waals surface area contributed by atoms with Crippen LogP contribution in [0.15, 0.2) is 42.5 Å². The van der Waals surface area contributed by atoms with Crippen LogP contribution in [0.4, 0.5) is 10.1 Å². The van der Waals surface area contributed by atoms with Crippen molar-refractivity contribution in [2.45, 2.75) is 26.7 Å². The zero-order valence-electron chi connectivity index (χ0n) is 18.9. The molecule has 5 nitrogen and oxygen atoms in total. The quantitative estimate of drug-likeness (QED) is 0.239. The molecule has 172 valence electrons. The molecule has 1 aliphatic heterocycles. The zero-order chi connectivity index (χ0) is 24.0. The van der Waals surface area contributed by atoms with Gasteiger partial charge in [0.25, 0.3) is 12.4 Å². The number of aromatic nitrogens is 1. The van der Waals surface area contributed by atoms with E-state index in [9.17, 15) is 9.18 Å². The van der Waals surface area contributed by atoms with Gasteiger partial charge in [-0.15, -0.1) is 0 Å². The van der Waals surface area contributed by atoms with Gasteiger partial charge in [0.1, 0.15) is 5.82 Å². The number of hydrogen-bond donors (Lipinski definition) is 3. The minimum absolute atomic E-state index is 0.131. The molecule has 3 N–H and O–H groups in total. The highest BCUT2D eigenvalue weighted by molar-refractivity contribution is 7.98. The molecule has 2 heterocycles. The van der Waals surface area contributed by atoms with E-state index < -0.39 is 0 Å². The van der Waals surface area contributed by atoms with Crippen molar-refractivity contribution in [3.05, 3.63) is 76.4 Å². The average molecular weight is 467 g/mol. The first-order chi connectivity index (χ1) is 15.9. The third-order valence-electron chi connectivity index (χ3n) is 5.69. The lowest BCUT2D eigenvalue weighted by Crippen LogP contribution is -2.04. The second-order valence-electron chi connectivity index (χ2n) is 7.72. The number of thioether (sulfide) groups is 1. The van der Waals surface area contributed by atoms with E-state index in [0.717, 1.165) is 52.4 Å². The fourth-order valence-electron chi connectivity index (χ4n) is 4.07. The van der Waals surface area contributed by atoms with Crippen LogP contribution in [0.1, 0.15) is 34.5 Å². The molecule has 2 aromatic carbocycles. The number of anilines is 1. The summed E-state index contributed by atoms with van der Waals surface area (Å²) in [6, 6.07) is 12.2. The van der Waals surface area contributed by atoms with Crippen LogP contribution in [0, 0.1) is 19.7 Å². The van der Waals surface area contributed by atoms with Crippen LogP contribution < -0.4 is 5.32 Å². The third-order valence-corrected chi connectivity index (χ3v) is 6.39. The number of carbonyl (C=O) groups is 2. The predicted octanol–water partition coefficient (Wildman–Crippen LogP) is 5.93. The van der Waals surface area contributed by atoms with Crippen LogP contribution in [-0.4, -0.2) is 34.5 Å². The molecule has 0 aliphatic carbocycles. The van der Waals surface area contributed by atoms with Crippen LogP contribution in [0.25, 0.3) is 22.8 Å². The Hall–Kier alpha value is -3.32. The largest absolute Gasteiger partial charge is 0.483 e. The van der Waals surface area contributed by atoms with Gasteiger partial charge >= 0.3 is 0 Å². The average Bonchev–Trinajstić information content (AvgIpc) is 3.25. The van der Waals surface area contributed by atoms with E-state index in [-0.39, 0.29) is 18.2 Å². The Morgan fingerprint density at radius 1 is 1.15 bits per heavy atom. The van der Waals surface area contributed by atoms with E-state index in [1.165, 1.54) is 23.3 Å². The number of carbonyl (C=O) groups excluding carboxylic acids is 1. The normalized spacial score (nSPS) is 13.3. The smallest absolute Gasteiger partial charge is 0.290 e. The Labute approximate surface area is 197 Å². The second-order valence-corrected chi connectivity index (χ2v) is 8.71. The lowest BCUT2D eigenvalue weighted by Gasteiger charge is -2.09. The predicted molar refractivity (Wildman–Crippen MR) is 134 cm³/mol. The molecule has 0 saturated carbocycles. The molecule has 0 saturated heterocycles. The summed E-state index contributed by atoms with van der Waals surface area (Å²) in [6.45, 7) is 3.94. The Morgan fingerprint density at radius 2 is 1.88 bits per heavy atom. The second kappa shape index (κ2) is 11.0. The molecular formula is C26H27FN2O3S. The minimum Gasteiger partial charge on any atom is -0.483 e. The number of aromatic amines is 1. The Bertz CT molecular complexity index is 1200. The van der Waals surface area contributed by atoms with Crippen LogP contribution >= 0.6 is 11.8 Å². The van der Waals surface area contributed by atoms with Crippen LogP contribution in [0.5, 0.6) is 0 Å². The van der Waals surface area contributed by atoms with Gasteiger partial charge in [0.15, 0.2) is 0 Å². The summed E-state index contributed by atoms with van der Waals surface area (Å²) in [5.41, 5.74) is 8.42. The van der Waals surface area contributed by atoms with Crippen molar-refractivity contribution >= 4 is 41.5 Å². The van der Waals surface area contributed by atoms with Crippen molar-refractivity contribution in [2.75, 3.05) is 17.3 Å². The number of amides is 1. The van der Waals surface area contributed by atoms with E-state index in [0.29, 0.717) is 5.57 Å². The molecule has 0 spiro atoms. The number of benzene rings is 2. The topological polar surface area (TPSA) is 82.2 Å². The highest BCUT2D eigenvalue weighted by atomic mass is 32.2. The molecule has 4 rings (SSSR count). The number of halogens is 1. The van der Waals surface area contributed by atoms with Gasteiger partial charge in [-0.05, 0) is 85.2 Å². The maximum Gasteiger partial charge on any atom is 0.290 e. The molecule has 1 aromatic heterocycles. The van der Waals surface area contributed by atoms with Crippen molar-refractivity contribution in [3.63, 3.8) is 0 Å². The summed E-state index contributed by atoms with van der Waals surface area (Å²) in [7, 11) is 0. The Balaban J connectivity index is 0.000000968. The molecule has 0 atom stereocenters. The van der Waals surface area contributed by atoms with Crippen LogP contribution in [-0.2, 0) is 16.0 Å². The van der Waals surface area contributed by atoms with E-state index in [1.54, 1.807) is 6.07 Å². The van der Waals surface area contributed by atoms with Crippen LogP contribution in [0.2, 0.25) is 0 Å². The zero-order valence-corrected chi connectivity index (χ0v) is 19.7. The van der Waals surface area contributed by atoms with Crippen molar-refractivity contribution in [3.8, 4) is 11.1 Å². The Morgan fingerprint density at radius 3 is 2.58 bits per heavy atom. The molecule has 0 unspecified atom stereocenters. The van der Waals surface area contributed by atoms with Gasteiger partial charge in [0.05, 0.1) is 5.57 Å². The number of rotatable bonds is 6. The molecule has 7 heteroatoms. The van der Waals surface area contributed by atoms with Gasteiger partial charge in [0.2, 0.25) is 0 Å². The maximum absolute atomic E-state index is 13.9. The van der Waals surface area contributed by atoms with Crippen molar-refractivity contribution in [2.24, 2.45) is 0 Å². The van der Waals surface area contributed by atoms with E-state index in [4.69, 9.17) is 9.90 Å². The first-order valence-corrected chi connectivity index (χ1v) is 12.0. The van der Waals surface area contributed by atoms with Gasteiger partial charge in [-0.3, -0.25) is 9.59 Å². The SMILES string of the molecule is CSCCCc1c(/C=C2\C(=O)Nc3cccc(-c4cccc(F)c4)c32)[nH]c(C)c1C.O=CO. The van der Waals surface area contributed by atoms with Gasteiger partial charge in [0, 0.05) is 22.6 Å². The summed E-state index contributed by atoms with van der Waals surface area (Å²) in [4.78, 5) is 24.7. The molecule has 33 heavy (non-hydrogen) atoms. The number of H-pyrrole nitrogens is 1. The summed E-state index contributed by atoms with van der Waals surface area (Å²) < 4.78 is 13.9. The molecule has 0 fully saturated rings. The maximum atomic E-state index is 13.9. The van der Waals surface area contributed by atoms with E-state index in [2.05, 4.69) is 30.4 Å². The van der Waals surface area contributed by atoms with Gasteiger partial charge in [-0.25, -0.2) is 4.39 Å². The first-order valence-electron chi connectivity index (χ1n) is 10.6. The highest BCUT2D eigenvalue weighted by Crippen LogP contribution is 2.41. The number of fused-ring (bicyclic) bond motifs is 1. The summed E-state index contributed by atoms with van der Waals surface area (Å²) in [5.74, 6) is 0.681. The van der Waals surface area contributed by atoms with Gasteiger partial charge in [-0.1, -0.05) is 24.3 Å². The van der Waals surface area contributed by atoms with E-state index >= 15 is 0 Å². The number of nitrogens with one attached hydrogen (secondary N) is 2. The molecule has 1 aliphatic rings. The fraction of sp³-hybridized carbons (Fsp3) is 0.231. The van der Waals surface area contributed by atoms with E-state index in [1.807, 2.05) is 42.1 Å². The molecule has 3 aromatic rings. The Kier molecular flexibility index (Phi) is 8.11. The number of hydrogen-bond acceptors (Lipinski definition) is 3. The first kappa shape index (κ1) is 24.3.